The number of carbonyl (C=O) groups is 1. The van der Waals surface area contributed by atoms with Crippen LogP contribution in [0, 0.1) is 5.92 Å². The van der Waals surface area contributed by atoms with Gasteiger partial charge in [-0.2, -0.15) is 5.10 Å². The average molecular weight is 406 g/mol. The van der Waals surface area contributed by atoms with Gasteiger partial charge in [-0.1, -0.05) is 6.58 Å². The summed E-state index contributed by atoms with van der Waals surface area (Å²) in [5.41, 5.74) is 1.86. The topological polar surface area (TPSA) is 108 Å². The van der Waals surface area contributed by atoms with Gasteiger partial charge in [0.2, 0.25) is 0 Å². The highest BCUT2D eigenvalue weighted by atomic mass is 32.1. The van der Waals surface area contributed by atoms with Crippen molar-refractivity contribution in [2.45, 2.75) is 12.8 Å². The normalized spacial score (nSPS) is 14.6. The lowest BCUT2D eigenvalue weighted by Crippen LogP contribution is -2.24. The highest BCUT2D eigenvalue weighted by Gasteiger charge is 2.22. The number of H-pyrrole nitrogens is 2. The zero-order valence-electron chi connectivity index (χ0n) is 15.4. The molecule has 0 aliphatic heterocycles. The third-order valence-corrected chi connectivity index (χ3v) is 5.97. The molecule has 0 saturated heterocycles. The summed E-state index contributed by atoms with van der Waals surface area (Å²) >= 11 is 1.42. The Balaban J connectivity index is 1.48. The molecule has 9 heteroatoms. The fraction of sp³-hybridized carbons (Fsp3) is 0.200. The lowest BCUT2D eigenvalue weighted by molar-refractivity contribution is 0.0956. The van der Waals surface area contributed by atoms with Crippen LogP contribution in [0.5, 0.6) is 0 Å². The van der Waals surface area contributed by atoms with Gasteiger partial charge in [0, 0.05) is 18.3 Å². The van der Waals surface area contributed by atoms with Crippen LogP contribution >= 0.6 is 11.3 Å². The zero-order valence-corrected chi connectivity index (χ0v) is 16.3. The molecule has 4 heterocycles. The number of rotatable bonds is 5. The van der Waals surface area contributed by atoms with Crippen molar-refractivity contribution >= 4 is 35.5 Å². The van der Waals surface area contributed by atoms with E-state index in [1.807, 2.05) is 24.4 Å². The highest BCUT2D eigenvalue weighted by molar-refractivity contribution is 7.17. The van der Waals surface area contributed by atoms with Crippen molar-refractivity contribution in [1.29, 1.82) is 0 Å². The van der Waals surface area contributed by atoms with Gasteiger partial charge in [-0.15, -0.1) is 11.3 Å². The van der Waals surface area contributed by atoms with Crippen LogP contribution in [0.1, 0.15) is 28.1 Å². The van der Waals surface area contributed by atoms with Gasteiger partial charge in [0.1, 0.15) is 0 Å². The molecule has 1 aliphatic rings. The minimum atomic E-state index is -0.308. The van der Waals surface area contributed by atoms with Crippen molar-refractivity contribution in [3.63, 3.8) is 0 Å². The monoisotopic (exact) mass is 406 g/mol. The average Bonchev–Trinajstić information content (AvgIpc) is 3.10. The number of hydrogen-bond donors (Lipinski definition) is 3. The number of imidazole rings is 1. The fourth-order valence-electron chi connectivity index (χ4n) is 3.08. The predicted octanol–water partition coefficient (Wildman–Crippen LogP) is 0.853. The van der Waals surface area contributed by atoms with Crippen molar-refractivity contribution in [3.05, 3.63) is 62.2 Å². The second-order valence-corrected chi connectivity index (χ2v) is 8.20. The van der Waals surface area contributed by atoms with E-state index < -0.39 is 0 Å². The summed E-state index contributed by atoms with van der Waals surface area (Å²) in [6.45, 7) is 4.57. The summed E-state index contributed by atoms with van der Waals surface area (Å²) in [5.74, 6) is 0.611. The highest BCUT2D eigenvalue weighted by Crippen LogP contribution is 2.29. The van der Waals surface area contributed by atoms with Crippen LogP contribution in [0.3, 0.4) is 0 Å². The molecule has 0 bridgehead atoms. The molecule has 146 valence electrons. The van der Waals surface area contributed by atoms with E-state index in [1.54, 1.807) is 16.8 Å². The first-order valence-electron chi connectivity index (χ1n) is 9.28. The van der Waals surface area contributed by atoms with Gasteiger partial charge >= 0.3 is 5.69 Å². The first-order chi connectivity index (χ1) is 14.1. The molecule has 1 amide bonds. The van der Waals surface area contributed by atoms with Crippen molar-refractivity contribution in [2.24, 2.45) is 5.92 Å². The van der Waals surface area contributed by atoms with Crippen LogP contribution < -0.4 is 21.7 Å². The number of aromatic amines is 2. The number of fused-ring (bicyclic) bond motifs is 1. The molecule has 29 heavy (non-hydrogen) atoms. The summed E-state index contributed by atoms with van der Waals surface area (Å²) in [7, 11) is 0. The zero-order chi connectivity index (χ0) is 20.0. The molecule has 4 aromatic heterocycles. The van der Waals surface area contributed by atoms with Gasteiger partial charge in [0.05, 0.1) is 32.3 Å². The molecule has 0 unspecified atom stereocenters. The molecular weight excluding hydrogens is 388 g/mol. The summed E-state index contributed by atoms with van der Waals surface area (Å²) in [6, 6.07) is 5.61. The van der Waals surface area contributed by atoms with E-state index in [2.05, 4.69) is 27.0 Å². The Morgan fingerprint density at radius 2 is 2.21 bits per heavy atom. The Morgan fingerprint density at radius 1 is 1.34 bits per heavy atom. The second-order valence-electron chi connectivity index (χ2n) is 7.11. The predicted molar refractivity (Wildman–Crippen MR) is 111 cm³/mol. The Morgan fingerprint density at radius 3 is 2.97 bits per heavy atom. The standard InChI is InChI=1S/C20H18N6O2S/c1-11-15(25-20(28)23-11)8-13-10-22-26-7-6-14(24-18(13)26)16-4-5-17(29-16)19(27)21-9-12-2-3-12/h4-8,10,12H,1-3,9H2,(H,21,27)(H2,23,25,28)/b15-8-. The van der Waals surface area contributed by atoms with Gasteiger partial charge in [0.15, 0.2) is 5.65 Å². The number of amides is 1. The van der Waals surface area contributed by atoms with Gasteiger partial charge in [-0.3, -0.25) is 4.79 Å². The van der Waals surface area contributed by atoms with E-state index in [-0.39, 0.29) is 11.6 Å². The Hall–Kier alpha value is -3.46. The van der Waals surface area contributed by atoms with Gasteiger partial charge in [-0.05, 0) is 43.0 Å². The maximum absolute atomic E-state index is 12.3. The van der Waals surface area contributed by atoms with Crippen LogP contribution in [-0.4, -0.2) is 37.0 Å². The first kappa shape index (κ1) is 17.6. The third kappa shape index (κ3) is 3.52. The lowest BCUT2D eigenvalue weighted by Gasteiger charge is -2.01. The molecular formula is C20H18N6O2S. The summed E-state index contributed by atoms with van der Waals surface area (Å²) in [5, 5.41) is 8.39. The van der Waals surface area contributed by atoms with E-state index in [4.69, 9.17) is 4.98 Å². The molecule has 1 aliphatic carbocycles. The molecule has 1 saturated carbocycles. The minimum Gasteiger partial charge on any atom is -0.351 e. The molecule has 0 spiro atoms. The number of thiophene rings is 1. The SMILES string of the molecule is C=c1[nH]c(=O)[nH]/c1=C\c1cnn2ccc(-c3ccc(C(=O)NCC4CC4)s3)nc12. The Labute approximate surface area is 168 Å². The van der Waals surface area contributed by atoms with Gasteiger partial charge < -0.3 is 15.3 Å². The molecule has 1 fully saturated rings. The Bertz CT molecular complexity index is 1390. The summed E-state index contributed by atoms with van der Waals surface area (Å²) in [4.78, 5) is 35.4. The second kappa shape index (κ2) is 6.85. The first-order valence-corrected chi connectivity index (χ1v) is 10.1. The number of nitrogens with one attached hydrogen (secondary N) is 3. The minimum absolute atomic E-state index is 0.0352. The maximum atomic E-state index is 12.3. The van der Waals surface area contributed by atoms with Crippen LogP contribution in [0.25, 0.3) is 28.9 Å². The number of aromatic nitrogens is 5. The molecule has 5 rings (SSSR count). The molecule has 8 nitrogen and oxygen atoms in total. The number of hydrogen-bond acceptors (Lipinski definition) is 5. The molecule has 0 radical (unpaired) electrons. The van der Waals surface area contributed by atoms with E-state index >= 15 is 0 Å². The molecule has 4 aromatic rings. The molecule has 3 N–H and O–H groups in total. The summed E-state index contributed by atoms with van der Waals surface area (Å²) in [6.07, 6.45) is 7.70. The van der Waals surface area contributed by atoms with E-state index in [0.717, 1.165) is 22.7 Å². The van der Waals surface area contributed by atoms with Crippen molar-refractivity contribution in [1.82, 2.24) is 29.9 Å². The Kier molecular flexibility index (Phi) is 4.17. The van der Waals surface area contributed by atoms with Crippen LogP contribution in [0.4, 0.5) is 0 Å². The number of carbonyl (C=O) groups excluding carboxylic acids is 1. The van der Waals surface area contributed by atoms with E-state index in [0.29, 0.717) is 27.1 Å². The maximum Gasteiger partial charge on any atom is 0.323 e. The van der Waals surface area contributed by atoms with Crippen LogP contribution in [0.15, 0.2) is 35.4 Å². The smallest absolute Gasteiger partial charge is 0.323 e. The molecule has 0 atom stereocenters. The van der Waals surface area contributed by atoms with Gasteiger partial charge in [0.25, 0.3) is 5.91 Å². The van der Waals surface area contributed by atoms with Crippen molar-refractivity contribution in [3.8, 4) is 10.6 Å². The summed E-state index contributed by atoms with van der Waals surface area (Å²) < 4.78 is 1.67. The fourth-order valence-corrected chi connectivity index (χ4v) is 3.97. The quantitative estimate of drug-likeness (QED) is 0.457. The van der Waals surface area contributed by atoms with Crippen LogP contribution in [0.2, 0.25) is 0 Å². The van der Waals surface area contributed by atoms with E-state index in [9.17, 15) is 9.59 Å². The number of nitrogens with zero attached hydrogens (tertiary/aromatic N) is 3. The lowest BCUT2D eigenvalue weighted by atomic mass is 10.3. The van der Waals surface area contributed by atoms with Crippen LogP contribution in [-0.2, 0) is 0 Å². The van der Waals surface area contributed by atoms with Crippen molar-refractivity contribution in [2.75, 3.05) is 6.54 Å². The molecule has 0 aromatic carbocycles. The van der Waals surface area contributed by atoms with Gasteiger partial charge in [-0.25, -0.2) is 14.3 Å². The van der Waals surface area contributed by atoms with E-state index in [1.165, 1.54) is 24.2 Å². The van der Waals surface area contributed by atoms with Crippen molar-refractivity contribution < 1.29 is 4.79 Å². The third-order valence-electron chi connectivity index (χ3n) is 4.86. The largest absolute Gasteiger partial charge is 0.351 e.